The van der Waals surface area contributed by atoms with Crippen molar-refractivity contribution in [3.63, 3.8) is 0 Å². The first-order valence-corrected chi connectivity index (χ1v) is 7.86. The molecule has 1 heterocycles. The van der Waals surface area contributed by atoms with Crippen LogP contribution < -0.4 is 15.3 Å². The van der Waals surface area contributed by atoms with Crippen molar-refractivity contribution in [3.05, 3.63) is 49.1 Å². The standard InChI is InChI=1S/C10H10N4O5S2/c11-8-3-7(1-2-9(8)14(16)17)21(18,19)12-4-6-5-20-10(15)13-6/h1-3,5,12H,4,11H2,(H,13,15). The number of hydrogen-bond donors (Lipinski definition) is 3. The Morgan fingerprint density at radius 3 is 2.67 bits per heavy atom. The van der Waals surface area contributed by atoms with Crippen LogP contribution in [-0.2, 0) is 16.6 Å². The average Bonchev–Trinajstić information content (AvgIpc) is 2.82. The minimum absolute atomic E-state index is 0.0992. The normalized spacial score (nSPS) is 11.4. The van der Waals surface area contributed by atoms with Crippen LogP contribution in [0.2, 0.25) is 0 Å². The summed E-state index contributed by atoms with van der Waals surface area (Å²) in [5.41, 5.74) is 5.26. The maximum Gasteiger partial charge on any atom is 0.304 e. The molecule has 11 heteroatoms. The minimum Gasteiger partial charge on any atom is -0.393 e. The molecule has 9 nitrogen and oxygen atoms in total. The zero-order valence-electron chi connectivity index (χ0n) is 10.4. The summed E-state index contributed by atoms with van der Waals surface area (Å²) < 4.78 is 26.3. The van der Waals surface area contributed by atoms with Gasteiger partial charge in [0.15, 0.2) is 0 Å². The smallest absolute Gasteiger partial charge is 0.304 e. The average molecular weight is 330 g/mol. The molecular formula is C10H10N4O5S2. The van der Waals surface area contributed by atoms with Crippen LogP contribution in [-0.4, -0.2) is 18.3 Å². The van der Waals surface area contributed by atoms with Gasteiger partial charge in [-0.15, -0.1) is 0 Å². The number of nitrogens with zero attached hydrogens (tertiary/aromatic N) is 1. The molecule has 0 aliphatic rings. The fraction of sp³-hybridized carbons (Fsp3) is 0.100. The predicted molar refractivity (Wildman–Crippen MR) is 76.5 cm³/mol. The van der Waals surface area contributed by atoms with Crippen LogP contribution in [0.1, 0.15) is 5.69 Å². The lowest BCUT2D eigenvalue weighted by Gasteiger charge is -2.06. The number of nitro benzene ring substituents is 1. The summed E-state index contributed by atoms with van der Waals surface area (Å²) in [7, 11) is -3.88. The number of hydrogen-bond acceptors (Lipinski definition) is 7. The lowest BCUT2D eigenvalue weighted by molar-refractivity contribution is -0.383. The molecular weight excluding hydrogens is 320 g/mol. The number of nitro groups is 1. The van der Waals surface area contributed by atoms with Crippen LogP contribution in [0.3, 0.4) is 0 Å². The van der Waals surface area contributed by atoms with Gasteiger partial charge in [-0.3, -0.25) is 14.9 Å². The van der Waals surface area contributed by atoms with Crippen molar-refractivity contribution in [2.75, 3.05) is 5.73 Å². The molecule has 2 rings (SSSR count). The number of aromatic nitrogens is 1. The van der Waals surface area contributed by atoms with Gasteiger partial charge in [0.1, 0.15) is 5.69 Å². The minimum atomic E-state index is -3.88. The SMILES string of the molecule is Nc1cc(S(=O)(=O)NCc2csc(=O)[nH]2)ccc1[N+](=O)[O-]. The van der Waals surface area contributed by atoms with E-state index in [1.807, 2.05) is 0 Å². The van der Waals surface area contributed by atoms with Crippen molar-refractivity contribution >= 4 is 32.7 Å². The first-order valence-electron chi connectivity index (χ1n) is 5.50. The summed E-state index contributed by atoms with van der Waals surface area (Å²) in [4.78, 5) is 22.8. The zero-order chi connectivity index (χ0) is 15.6. The third-order valence-corrected chi connectivity index (χ3v) is 4.65. The Labute approximate surface area is 122 Å². The van der Waals surface area contributed by atoms with Crippen molar-refractivity contribution in [1.82, 2.24) is 9.71 Å². The molecule has 1 aromatic carbocycles. The summed E-state index contributed by atoms with van der Waals surface area (Å²) >= 11 is 0.918. The number of nitrogens with two attached hydrogens (primary N) is 1. The van der Waals surface area contributed by atoms with Crippen molar-refractivity contribution in [2.45, 2.75) is 11.4 Å². The molecule has 0 spiro atoms. The second-order valence-corrected chi connectivity index (χ2v) is 6.58. The van der Waals surface area contributed by atoms with Crippen LogP contribution >= 0.6 is 11.3 Å². The molecule has 1 aromatic heterocycles. The molecule has 112 valence electrons. The van der Waals surface area contributed by atoms with Gasteiger partial charge >= 0.3 is 4.87 Å². The van der Waals surface area contributed by atoms with Crippen LogP contribution in [0.15, 0.2) is 33.3 Å². The summed E-state index contributed by atoms with van der Waals surface area (Å²) in [6.45, 7) is -0.0992. The number of H-pyrrole nitrogens is 1. The van der Waals surface area contributed by atoms with E-state index in [-0.39, 0.29) is 27.7 Å². The fourth-order valence-corrected chi connectivity index (χ4v) is 3.15. The van der Waals surface area contributed by atoms with E-state index in [1.54, 1.807) is 0 Å². The summed E-state index contributed by atoms with van der Waals surface area (Å²) in [6.07, 6.45) is 0. The van der Waals surface area contributed by atoms with Crippen molar-refractivity contribution in [3.8, 4) is 0 Å². The molecule has 0 aliphatic carbocycles. The van der Waals surface area contributed by atoms with Crippen LogP contribution in [0.25, 0.3) is 0 Å². The maximum atomic E-state index is 12.0. The van der Waals surface area contributed by atoms with Crippen LogP contribution in [0, 0.1) is 10.1 Å². The van der Waals surface area contributed by atoms with Gasteiger partial charge in [-0.2, -0.15) is 0 Å². The van der Waals surface area contributed by atoms with Crippen LogP contribution in [0.5, 0.6) is 0 Å². The third-order valence-electron chi connectivity index (χ3n) is 2.53. The number of sulfonamides is 1. The lowest BCUT2D eigenvalue weighted by atomic mass is 10.3. The Bertz CT molecular complexity index is 839. The highest BCUT2D eigenvalue weighted by atomic mass is 32.2. The molecule has 2 aromatic rings. The molecule has 0 bridgehead atoms. The van der Waals surface area contributed by atoms with Gasteiger partial charge in [0.2, 0.25) is 10.0 Å². The molecule has 0 unspecified atom stereocenters. The molecule has 21 heavy (non-hydrogen) atoms. The highest BCUT2D eigenvalue weighted by molar-refractivity contribution is 7.89. The molecule has 0 amide bonds. The van der Waals surface area contributed by atoms with Crippen molar-refractivity contribution in [1.29, 1.82) is 0 Å². The van der Waals surface area contributed by atoms with Gasteiger partial charge in [0.25, 0.3) is 5.69 Å². The Morgan fingerprint density at radius 1 is 1.43 bits per heavy atom. The van der Waals surface area contributed by atoms with Gasteiger partial charge in [-0.25, -0.2) is 13.1 Å². The first kappa shape index (κ1) is 15.2. The van der Waals surface area contributed by atoms with E-state index in [0.29, 0.717) is 5.69 Å². The Balaban J connectivity index is 2.21. The Hall–Kier alpha value is -2.24. The molecule has 4 N–H and O–H groups in total. The van der Waals surface area contributed by atoms with Gasteiger partial charge in [0.05, 0.1) is 16.4 Å². The highest BCUT2D eigenvalue weighted by Crippen LogP contribution is 2.24. The molecule has 0 saturated carbocycles. The third kappa shape index (κ3) is 3.45. The van der Waals surface area contributed by atoms with Gasteiger partial charge in [0, 0.05) is 17.1 Å². The summed E-state index contributed by atoms with van der Waals surface area (Å²) in [5.74, 6) is 0. The van der Waals surface area contributed by atoms with Gasteiger partial charge in [-0.1, -0.05) is 11.3 Å². The highest BCUT2D eigenvalue weighted by Gasteiger charge is 2.19. The molecule has 0 radical (unpaired) electrons. The number of nitrogens with one attached hydrogen (secondary N) is 2. The van der Waals surface area contributed by atoms with E-state index in [2.05, 4.69) is 9.71 Å². The zero-order valence-corrected chi connectivity index (χ0v) is 12.0. The number of anilines is 1. The molecule has 0 saturated heterocycles. The Kier molecular flexibility index (Phi) is 4.06. The van der Waals surface area contributed by atoms with Crippen molar-refractivity contribution in [2.24, 2.45) is 0 Å². The second kappa shape index (κ2) is 5.63. The number of thiazole rings is 1. The predicted octanol–water partition coefficient (Wildman–Crippen LogP) is 0.405. The van der Waals surface area contributed by atoms with E-state index >= 15 is 0 Å². The fourth-order valence-electron chi connectivity index (χ4n) is 1.52. The second-order valence-electron chi connectivity index (χ2n) is 3.98. The van der Waals surface area contributed by atoms with Gasteiger partial charge < -0.3 is 10.7 Å². The number of nitrogen functional groups attached to an aromatic ring is 1. The number of aromatic amines is 1. The summed E-state index contributed by atoms with van der Waals surface area (Å²) in [6, 6.07) is 3.13. The summed E-state index contributed by atoms with van der Waals surface area (Å²) in [5, 5.41) is 12.1. The number of rotatable bonds is 5. The monoisotopic (exact) mass is 330 g/mol. The molecule has 0 fully saturated rings. The van der Waals surface area contributed by atoms with Crippen LogP contribution in [0.4, 0.5) is 11.4 Å². The van der Waals surface area contributed by atoms with Crippen molar-refractivity contribution < 1.29 is 13.3 Å². The molecule has 0 atom stereocenters. The van der Waals surface area contributed by atoms with E-state index in [1.165, 1.54) is 5.38 Å². The van der Waals surface area contributed by atoms with E-state index in [0.717, 1.165) is 29.5 Å². The topological polar surface area (TPSA) is 148 Å². The molecule has 0 aliphatic heterocycles. The first-order chi connectivity index (χ1) is 9.79. The quantitative estimate of drug-likeness (QED) is 0.410. The van der Waals surface area contributed by atoms with Gasteiger partial charge in [-0.05, 0) is 12.1 Å². The van der Waals surface area contributed by atoms with E-state index in [9.17, 15) is 23.3 Å². The Morgan fingerprint density at radius 2 is 2.14 bits per heavy atom. The number of benzene rings is 1. The van der Waals surface area contributed by atoms with E-state index in [4.69, 9.17) is 5.73 Å². The maximum absolute atomic E-state index is 12.0. The van der Waals surface area contributed by atoms with E-state index < -0.39 is 14.9 Å². The lowest BCUT2D eigenvalue weighted by Crippen LogP contribution is -2.23. The largest absolute Gasteiger partial charge is 0.393 e.